The van der Waals surface area contributed by atoms with Crippen molar-refractivity contribution in [2.75, 3.05) is 14.1 Å². The predicted molar refractivity (Wildman–Crippen MR) is 166 cm³/mol. The van der Waals surface area contributed by atoms with E-state index in [1.165, 1.54) is 129 Å². The van der Waals surface area contributed by atoms with Crippen LogP contribution in [0.5, 0.6) is 0 Å². The fourth-order valence-corrected chi connectivity index (χ4v) is 37.1. The summed E-state index contributed by atoms with van der Waals surface area (Å²) in [7, 11) is 20.1. The Morgan fingerprint density at radius 3 is 1.65 bits per heavy atom. The van der Waals surface area contributed by atoms with Gasteiger partial charge in [0.25, 0.3) is 0 Å². The molecule has 4 nitrogen and oxygen atoms in total. The summed E-state index contributed by atoms with van der Waals surface area (Å²) in [6.45, 7) is 0. The fraction of sp³-hybridized carbons (Fsp3) is 0.750. The molecule has 0 unspecified atom stereocenters. The van der Waals surface area contributed by atoms with Crippen LogP contribution in [-0.4, -0.2) is 53.9 Å². The number of likely N-dealkylation sites (N-methyl/N-ethyl adjacent to an activating group) is 1. The molecule has 0 saturated heterocycles. The molecular weight excluding hydrogens is 650 g/mol. The molecule has 37 heavy (non-hydrogen) atoms. The molecule has 3 aliphatic rings. The number of hydrogen-bond acceptors (Lipinski definition) is 4. The topological polar surface area (TPSA) is 67.3 Å². The van der Waals surface area contributed by atoms with Crippen molar-refractivity contribution in [3.8, 4) is 0 Å². The molecule has 0 aliphatic heterocycles. The summed E-state index contributed by atoms with van der Waals surface area (Å²) in [4.78, 5) is 4.36. The molecule has 0 aromatic heterocycles. The normalized spacial score (nSPS) is 21.0. The van der Waals surface area contributed by atoms with Crippen LogP contribution in [0.2, 0.25) is 11.8 Å². The van der Waals surface area contributed by atoms with Crippen LogP contribution in [0, 0.1) is 0 Å². The average Bonchev–Trinajstić information content (AvgIpc) is 2.94. The van der Waals surface area contributed by atoms with Crippen LogP contribution in [0.3, 0.4) is 0 Å². The summed E-state index contributed by atoms with van der Waals surface area (Å²) in [5, 5.41) is 13.7. The van der Waals surface area contributed by atoms with Crippen LogP contribution in [0.15, 0.2) is 27.1 Å². The smallest absolute Gasteiger partial charge is 0.412 e. The second kappa shape index (κ2) is 15.5. The van der Waals surface area contributed by atoms with Crippen molar-refractivity contribution in [2.24, 2.45) is 5.16 Å². The Morgan fingerprint density at radius 1 is 0.838 bits per heavy atom. The summed E-state index contributed by atoms with van der Waals surface area (Å²) in [6, 6.07) is 4.50. The standard InChI is InChI=1S/C10H11Cl2N2OS2.3C6H11.H2O.Sn/c1-14(2)10(13-15)6-7-3-4-8(16-11)9(5-7)17-12;3*1-2-4-6-5-3-1;;/h3-4,15H,6H2,1-2H3;3*1H,2-6H2;1H2;. The average molecular weight is 696 g/mol. The Labute approximate surface area is 246 Å². The first-order valence-corrected chi connectivity index (χ1v) is 23.8. The van der Waals surface area contributed by atoms with E-state index in [-0.39, 0.29) is 5.48 Å². The first-order chi connectivity index (χ1) is 17.6. The third kappa shape index (κ3) is 6.89. The molecule has 0 amide bonds. The SMILES string of the molecule is CN(C)C(Cc1ccc(SCl)c(SCl)[c]1[Sn]([CH]1CCCCC1)([CH]1CCCCC1)[CH]1CCCCC1)=NO.O. The number of rotatable bonds is 8. The van der Waals surface area contributed by atoms with Crippen LogP contribution >= 0.6 is 43.3 Å². The van der Waals surface area contributed by atoms with Gasteiger partial charge in [-0.05, 0) is 0 Å². The molecule has 0 radical (unpaired) electrons. The third-order valence-electron chi connectivity index (χ3n) is 9.62. The number of amidine groups is 1. The van der Waals surface area contributed by atoms with Gasteiger partial charge >= 0.3 is 242 Å². The predicted octanol–water partition coefficient (Wildman–Crippen LogP) is 8.90. The molecule has 1 aromatic rings. The maximum atomic E-state index is 9.93. The Kier molecular flexibility index (Phi) is 13.4. The maximum Gasteiger partial charge on any atom is -0.412 e. The van der Waals surface area contributed by atoms with E-state index in [1.54, 1.807) is 3.58 Å². The number of oxime groups is 1. The van der Waals surface area contributed by atoms with Gasteiger partial charge in [-0.1, -0.05) is 0 Å². The number of halogens is 2. The van der Waals surface area contributed by atoms with Gasteiger partial charge < -0.3 is 5.48 Å². The Balaban J connectivity index is 0.00000380. The number of benzene rings is 1. The van der Waals surface area contributed by atoms with Crippen molar-refractivity contribution in [1.29, 1.82) is 0 Å². The molecule has 3 aliphatic carbocycles. The van der Waals surface area contributed by atoms with Crippen molar-refractivity contribution in [2.45, 2.75) is 124 Å². The Hall–Kier alpha value is 0.529. The summed E-state index contributed by atoms with van der Waals surface area (Å²) in [6.07, 6.45) is 21.8. The van der Waals surface area contributed by atoms with E-state index in [0.29, 0.717) is 6.42 Å². The van der Waals surface area contributed by atoms with E-state index in [1.807, 2.05) is 19.0 Å². The fourth-order valence-electron chi connectivity index (χ4n) is 8.17. The molecule has 3 fully saturated rings. The van der Waals surface area contributed by atoms with Gasteiger partial charge in [0.05, 0.1) is 0 Å². The minimum Gasteiger partial charge on any atom is -0.412 e. The molecule has 210 valence electrons. The summed E-state index contributed by atoms with van der Waals surface area (Å²) < 4.78 is 4.36. The molecule has 0 atom stereocenters. The zero-order chi connectivity index (χ0) is 25.5. The Morgan fingerprint density at radius 2 is 1.30 bits per heavy atom. The van der Waals surface area contributed by atoms with Gasteiger partial charge in [0.1, 0.15) is 0 Å². The van der Waals surface area contributed by atoms with E-state index in [4.69, 9.17) is 21.4 Å². The molecule has 9 heteroatoms. The minimum absolute atomic E-state index is 0. The van der Waals surface area contributed by atoms with E-state index in [0.717, 1.165) is 22.5 Å². The molecule has 0 bridgehead atoms. The monoisotopic (exact) mass is 696 g/mol. The van der Waals surface area contributed by atoms with Gasteiger partial charge in [-0.3, -0.25) is 0 Å². The van der Waals surface area contributed by atoms with Gasteiger partial charge in [-0.2, -0.15) is 0 Å². The van der Waals surface area contributed by atoms with Crippen LogP contribution in [-0.2, 0) is 6.42 Å². The first kappa shape index (κ1) is 32.0. The van der Waals surface area contributed by atoms with Gasteiger partial charge in [0.15, 0.2) is 0 Å². The minimum atomic E-state index is -3.19. The number of nitrogens with zero attached hydrogens (tertiary/aromatic N) is 2. The van der Waals surface area contributed by atoms with Crippen molar-refractivity contribution < 1.29 is 10.7 Å². The van der Waals surface area contributed by atoms with Gasteiger partial charge in [-0.15, -0.1) is 0 Å². The van der Waals surface area contributed by atoms with Crippen LogP contribution in [0.25, 0.3) is 0 Å². The zero-order valence-corrected chi connectivity index (χ0v) is 28.6. The first-order valence-electron chi connectivity index (χ1n) is 14.2. The molecule has 0 spiro atoms. The van der Waals surface area contributed by atoms with E-state index < -0.39 is 18.4 Å². The summed E-state index contributed by atoms with van der Waals surface area (Å²) in [5.74, 6) is 0.726. The van der Waals surface area contributed by atoms with Crippen LogP contribution in [0.4, 0.5) is 0 Å². The van der Waals surface area contributed by atoms with Gasteiger partial charge in [-0.25, -0.2) is 0 Å². The van der Waals surface area contributed by atoms with Crippen molar-refractivity contribution in [3.05, 3.63) is 17.7 Å². The largest absolute Gasteiger partial charge is 0.412 e. The summed E-state index contributed by atoms with van der Waals surface area (Å²) in [5.41, 5.74) is 1.38. The van der Waals surface area contributed by atoms with Crippen LogP contribution in [0.1, 0.15) is 102 Å². The quantitative estimate of drug-likeness (QED) is 0.0970. The summed E-state index contributed by atoms with van der Waals surface area (Å²) >= 11 is -3.19. The molecular formula is C28H46Cl2N2O2S2Sn. The van der Waals surface area contributed by atoms with Crippen molar-refractivity contribution in [3.63, 3.8) is 0 Å². The molecule has 3 N–H and O–H groups in total. The number of hydrogen-bond donors (Lipinski definition) is 1. The van der Waals surface area contributed by atoms with E-state index >= 15 is 0 Å². The van der Waals surface area contributed by atoms with Crippen LogP contribution < -0.4 is 3.58 Å². The Bertz CT molecular complexity index is 842. The molecule has 1 aromatic carbocycles. The van der Waals surface area contributed by atoms with Gasteiger partial charge in [0, 0.05) is 0 Å². The molecule has 3 saturated carbocycles. The van der Waals surface area contributed by atoms with Crippen molar-refractivity contribution in [1.82, 2.24) is 4.90 Å². The van der Waals surface area contributed by atoms with E-state index in [9.17, 15) is 5.21 Å². The molecule has 4 rings (SSSR count). The second-order valence-electron chi connectivity index (χ2n) is 11.6. The second-order valence-corrected chi connectivity index (χ2v) is 27.4. The third-order valence-corrected chi connectivity index (χ3v) is 32.9. The van der Waals surface area contributed by atoms with Gasteiger partial charge in [0.2, 0.25) is 0 Å². The van der Waals surface area contributed by atoms with E-state index in [2.05, 4.69) is 17.3 Å². The molecule has 0 heterocycles. The maximum absolute atomic E-state index is 9.93. The van der Waals surface area contributed by atoms with Crippen molar-refractivity contribution >= 4 is 71.1 Å². The zero-order valence-electron chi connectivity index (χ0n) is 22.6.